The van der Waals surface area contributed by atoms with Crippen LogP contribution in [-0.2, 0) is 6.42 Å². The van der Waals surface area contributed by atoms with Crippen LogP contribution in [0.15, 0.2) is 52.6 Å². The molecule has 0 saturated carbocycles. The van der Waals surface area contributed by atoms with E-state index in [-0.39, 0.29) is 5.56 Å². The van der Waals surface area contributed by atoms with Crippen LogP contribution in [0.25, 0.3) is 16.2 Å². The van der Waals surface area contributed by atoms with Crippen molar-refractivity contribution in [3.05, 3.63) is 75.0 Å². The first-order valence-corrected chi connectivity index (χ1v) is 13.0. The second kappa shape index (κ2) is 10.6. The molecule has 7 nitrogen and oxygen atoms in total. The van der Waals surface area contributed by atoms with Crippen molar-refractivity contribution in [2.75, 3.05) is 33.4 Å². The molecule has 182 valence electrons. The van der Waals surface area contributed by atoms with Crippen LogP contribution in [0.3, 0.4) is 0 Å². The Morgan fingerprint density at radius 2 is 1.86 bits per heavy atom. The first kappa shape index (κ1) is 23.5. The second-order valence-electron chi connectivity index (χ2n) is 8.93. The molecule has 4 aromatic rings. The van der Waals surface area contributed by atoms with Crippen molar-refractivity contribution < 1.29 is 9.47 Å². The van der Waals surface area contributed by atoms with Crippen LogP contribution in [-0.4, -0.2) is 52.8 Å². The first-order valence-electron chi connectivity index (χ1n) is 12.1. The van der Waals surface area contributed by atoms with Gasteiger partial charge in [0.25, 0.3) is 5.56 Å². The number of fused-ring (bicyclic) bond motifs is 1. The highest BCUT2D eigenvalue weighted by atomic mass is 32.1. The van der Waals surface area contributed by atoms with E-state index in [4.69, 9.17) is 9.47 Å². The number of ether oxygens (including phenoxy) is 2. The van der Waals surface area contributed by atoms with Gasteiger partial charge in [-0.1, -0.05) is 18.6 Å². The van der Waals surface area contributed by atoms with Gasteiger partial charge in [-0.05, 0) is 74.3 Å². The molecule has 1 fully saturated rings. The maximum absolute atomic E-state index is 12.6. The van der Waals surface area contributed by atoms with Crippen LogP contribution in [0.5, 0.6) is 11.5 Å². The third-order valence-electron chi connectivity index (χ3n) is 6.47. The van der Waals surface area contributed by atoms with Gasteiger partial charge in [-0.15, -0.1) is 11.3 Å². The number of thiazole rings is 1. The topological polar surface area (TPSA) is 69.0 Å². The molecule has 0 bridgehead atoms. The molecule has 1 aliphatic rings. The van der Waals surface area contributed by atoms with Gasteiger partial charge in [0.05, 0.1) is 12.8 Å². The maximum Gasteiger partial charge on any atom is 0.296 e. The van der Waals surface area contributed by atoms with Crippen molar-refractivity contribution >= 4 is 16.3 Å². The molecular formula is C27H30N4O3S. The van der Waals surface area contributed by atoms with Gasteiger partial charge >= 0.3 is 0 Å². The molecule has 0 N–H and O–H groups in total. The normalized spacial score (nSPS) is 14.3. The summed E-state index contributed by atoms with van der Waals surface area (Å²) in [6.07, 6.45) is 4.34. The highest BCUT2D eigenvalue weighted by Gasteiger charge is 2.14. The summed E-state index contributed by atoms with van der Waals surface area (Å²) in [5.41, 5.74) is 4.12. The summed E-state index contributed by atoms with van der Waals surface area (Å²) in [6.45, 7) is 6.08. The number of methoxy groups -OCH3 is 1. The molecule has 1 aliphatic heterocycles. The summed E-state index contributed by atoms with van der Waals surface area (Å²) < 4.78 is 13.1. The average Bonchev–Trinajstić information content (AvgIpc) is 3.29. The minimum absolute atomic E-state index is 0.289. The monoisotopic (exact) mass is 490 g/mol. The minimum atomic E-state index is -0.289. The Labute approximate surface area is 209 Å². The van der Waals surface area contributed by atoms with E-state index in [1.54, 1.807) is 11.6 Å². The third-order valence-corrected chi connectivity index (χ3v) is 7.28. The molecule has 0 atom stereocenters. The number of piperidine rings is 1. The van der Waals surface area contributed by atoms with Gasteiger partial charge in [0.2, 0.25) is 4.96 Å². The molecule has 35 heavy (non-hydrogen) atoms. The molecule has 5 rings (SSSR count). The van der Waals surface area contributed by atoms with Gasteiger partial charge < -0.3 is 9.47 Å². The van der Waals surface area contributed by atoms with E-state index in [9.17, 15) is 4.79 Å². The van der Waals surface area contributed by atoms with Crippen LogP contribution in [0.2, 0.25) is 0 Å². The van der Waals surface area contributed by atoms with Crippen molar-refractivity contribution in [1.29, 1.82) is 0 Å². The van der Waals surface area contributed by atoms with Crippen LogP contribution in [0.1, 0.15) is 36.1 Å². The molecule has 0 amide bonds. The second-order valence-corrected chi connectivity index (χ2v) is 9.77. The Hall–Kier alpha value is -3.23. The number of aryl methyl sites for hydroxylation is 1. The fourth-order valence-electron chi connectivity index (χ4n) is 4.47. The summed E-state index contributed by atoms with van der Waals surface area (Å²) in [6, 6.07) is 13.8. The Morgan fingerprint density at radius 1 is 1.06 bits per heavy atom. The van der Waals surface area contributed by atoms with E-state index < -0.39 is 0 Å². The quantitative estimate of drug-likeness (QED) is 0.360. The summed E-state index contributed by atoms with van der Waals surface area (Å²) in [5, 5.41) is 6.68. The van der Waals surface area contributed by atoms with E-state index in [1.807, 2.05) is 41.8 Å². The van der Waals surface area contributed by atoms with E-state index >= 15 is 0 Å². The summed E-state index contributed by atoms with van der Waals surface area (Å²) in [7, 11) is 1.63. The van der Waals surface area contributed by atoms with Crippen LogP contribution in [0.4, 0.5) is 0 Å². The molecule has 2 aromatic heterocycles. The third kappa shape index (κ3) is 5.39. The zero-order valence-electron chi connectivity index (χ0n) is 20.2. The number of aromatic nitrogens is 3. The van der Waals surface area contributed by atoms with Crippen molar-refractivity contribution in [3.8, 4) is 22.8 Å². The predicted octanol–water partition coefficient (Wildman–Crippen LogP) is 4.59. The molecule has 0 unspecified atom stereocenters. The molecular weight excluding hydrogens is 460 g/mol. The molecule has 8 heteroatoms. The zero-order chi connectivity index (χ0) is 24.2. The fraction of sp³-hybridized carbons (Fsp3) is 0.370. The summed E-state index contributed by atoms with van der Waals surface area (Å²) in [5.74, 6) is 1.69. The number of rotatable bonds is 8. The smallest absolute Gasteiger partial charge is 0.296 e. The van der Waals surface area contributed by atoms with Gasteiger partial charge in [-0.3, -0.25) is 9.69 Å². The lowest BCUT2D eigenvalue weighted by molar-refractivity contribution is 0.183. The Morgan fingerprint density at radius 3 is 2.60 bits per heavy atom. The number of hydrogen-bond donors (Lipinski definition) is 0. The lowest BCUT2D eigenvalue weighted by Gasteiger charge is -2.26. The maximum atomic E-state index is 12.6. The van der Waals surface area contributed by atoms with Gasteiger partial charge in [0.1, 0.15) is 23.8 Å². The SMILES string of the molecule is COc1ccc(Cc2nn3c(-c4ccc(OCCN5CCCCC5)c(C)c4)csc3nc2=O)cc1. The van der Waals surface area contributed by atoms with Crippen molar-refractivity contribution in [3.63, 3.8) is 0 Å². The van der Waals surface area contributed by atoms with Gasteiger partial charge in [0.15, 0.2) is 0 Å². The number of likely N-dealkylation sites (tertiary alicyclic amines) is 1. The Bertz CT molecular complexity index is 1360. The molecule has 2 aromatic carbocycles. The van der Waals surface area contributed by atoms with E-state index in [1.165, 1.54) is 43.7 Å². The standard InChI is InChI=1S/C27H30N4O3S/c1-19-16-21(8-11-25(19)34-15-14-30-12-4-3-5-13-30)24-18-35-27-28-26(32)23(29-31(24)27)17-20-6-9-22(33-2)10-7-20/h6-11,16,18H,3-5,12-15,17H2,1-2H3. The first-order chi connectivity index (χ1) is 17.1. The van der Waals surface area contributed by atoms with E-state index in [0.29, 0.717) is 23.7 Å². The molecule has 3 heterocycles. The van der Waals surface area contributed by atoms with Crippen LogP contribution in [0, 0.1) is 6.92 Å². The molecule has 0 aliphatic carbocycles. The number of benzene rings is 2. The molecule has 1 saturated heterocycles. The largest absolute Gasteiger partial charge is 0.497 e. The molecule has 0 spiro atoms. The van der Waals surface area contributed by atoms with Crippen molar-refractivity contribution in [1.82, 2.24) is 19.5 Å². The van der Waals surface area contributed by atoms with Gasteiger partial charge in [-0.25, -0.2) is 4.52 Å². The van der Waals surface area contributed by atoms with Gasteiger partial charge in [0, 0.05) is 23.9 Å². The zero-order valence-corrected chi connectivity index (χ0v) is 21.0. The van der Waals surface area contributed by atoms with E-state index in [0.717, 1.165) is 40.4 Å². The van der Waals surface area contributed by atoms with Crippen LogP contribution >= 0.6 is 11.3 Å². The Kier molecular flexibility index (Phi) is 7.11. The lowest BCUT2D eigenvalue weighted by Crippen LogP contribution is -2.33. The summed E-state index contributed by atoms with van der Waals surface area (Å²) in [4.78, 5) is 19.9. The van der Waals surface area contributed by atoms with Gasteiger partial charge in [-0.2, -0.15) is 10.1 Å². The fourth-order valence-corrected chi connectivity index (χ4v) is 5.30. The van der Waals surface area contributed by atoms with Crippen molar-refractivity contribution in [2.45, 2.75) is 32.6 Å². The van der Waals surface area contributed by atoms with Crippen molar-refractivity contribution in [2.24, 2.45) is 0 Å². The minimum Gasteiger partial charge on any atom is -0.497 e. The molecule has 0 radical (unpaired) electrons. The lowest BCUT2D eigenvalue weighted by atomic mass is 10.1. The average molecular weight is 491 g/mol. The predicted molar refractivity (Wildman–Crippen MR) is 139 cm³/mol. The highest BCUT2D eigenvalue weighted by Crippen LogP contribution is 2.29. The number of nitrogens with zero attached hydrogens (tertiary/aromatic N) is 4. The van der Waals surface area contributed by atoms with Crippen LogP contribution < -0.4 is 15.0 Å². The van der Waals surface area contributed by atoms with E-state index in [2.05, 4.69) is 28.0 Å². The number of hydrogen-bond acceptors (Lipinski definition) is 7. The Balaban J connectivity index is 1.34. The highest BCUT2D eigenvalue weighted by molar-refractivity contribution is 7.15. The summed E-state index contributed by atoms with van der Waals surface area (Å²) >= 11 is 1.42.